The van der Waals surface area contributed by atoms with Crippen molar-refractivity contribution in [1.82, 2.24) is 0 Å². The average molecular weight is 291 g/mol. The van der Waals surface area contributed by atoms with Crippen molar-refractivity contribution in [3.63, 3.8) is 0 Å². The molecule has 0 atom stereocenters. The summed E-state index contributed by atoms with van der Waals surface area (Å²) < 4.78 is 0. The Balaban J connectivity index is 1.96. The molecule has 0 spiro atoms. The number of rotatable bonds is 1. The standard InChI is InChI=1S/C19H11ClO/c20-17-11-8-16(9-12-17)19(21)13-10-15-6-3-5-14-4-1-2-7-18(14)15/h1-9,11-12H. The maximum absolute atomic E-state index is 12.0. The first-order chi connectivity index (χ1) is 10.2. The molecular formula is C19H11ClO. The highest BCUT2D eigenvalue weighted by Gasteiger charge is 2.02. The van der Waals surface area contributed by atoms with Crippen LogP contribution in [0.5, 0.6) is 0 Å². The summed E-state index contributed by atoms with van der Waals surface area (Å²) in [7, 11) is 0. The second kappa shape index (κ2) is 5.83. The lowest BCUT2D eigenvalue weighted by Crippen LogP contribution is -1.94. The van der Waals surface area contributed by atoms with E-state index in [0.29, 0.717) is 10.6 Å². The number of fused-ring (bicyclic) bond motifs is 1. The van der Waals surface area contributed by atoms with Crippen molar-refractivity contribution in [3.8, 4) is 11.8 Å². The van der Waals surface area contributed by atoms with E-state index in [9.17, 15) is 4.79 Å². The number of halogens is 1. The van der Waals surface area contributed by atoms with Gasteiger partial charge in [0.15, 0.2) is 0 Å². The van der Waals surface area contributed by atoms with Gasteiger partial charge in [-0.1, -0.05) is 53.9 Å². The maximum Gasteiger partial charge on any atom is 0.236 e. The van der Waals surface area contributed by atoms with E-state index in [2.05, 4.69) is 11.8 Å². The molecule has 3 aromatic rings. The van der Waals surface area contributed by atoms with Gasteiger partial charge in [-0.15, -0.1) is 0 Å². The fourth-order valence-electron chi connectivity index (χ4n) is 2.13. The normalized spacial score (nSPS) is 9.95. The molecule has 3 rings (SSSR count). The van der Waals surface area contributed by atoms with Crippen LogP contribution in [0.25, 0.3) is 10.8 Å². The second-order valence-corrected chi connectivity index (χ2v) is 5.05. The molecule has 0 bridgehead atoms. The first-order valence-corrected chi connectivity index (χ1v) is 6.91. The quantitative estimate of drug-likeness (QED) is 0.468. The van der Waals surface area contributed by atoms with Gasteiger partial charge < -0.3 is 0 Å². The topological polar surface area (TPSA) is 17.1 Å². The molecule has 0 aliphatic heterocycles. The molecule has 0 aliphatic carbocycles. The smallest absolute Gasteiger partial charge is 0.236 e. The van der Waals surface area contributed by atoms with E-state index < -0.39 is 0 Å². The molecule has 1 nitrogen and oxygen atoms in total. The molecule has 0 unspecified atom stereocenters. The zero-order valence-corrected chi connectivity index (χ0v) is 11.9. The number of benzene rings is 3. The van der Waals surface area contributed by atoms with Crippen LogP contribution in [0, 0.1) is 11.8 Å². The molecule has 21 heavy (non-hydrogen) atoms. The number of carbonyl (C=O) groups is 1. The van der Waals surface area contributed by atoms with E-state index >= 15 is 0 Å². The SMILES string of the molecule is O=C(C#Cc1cccc2ccccc12)c1ccc(Cl)cc1. The molecule has 0 amide bonds. The van der Waals surface area contributed by atoms with E-state index in [4.69, 9.17) is 11.6 Å². The van der Waals surface area contributed by atoms with Crippen LogP contribution >= 0.6 is 11.6 Å². The van der Waals surface area contributed by atoms with Crippen LogP contribution < -0.4 is 0 Å². The Morgan fingerprint density at radius 3 is 2.38 bits per heavy atom. The van der Waals surface area contributed by atoms with Crippen molar-refractivity contribution in [2.75, 3.05) is 0 Å². The van der Waals surface area contributed by atoms with Gasteiger partial charge in [-0.25, -0.2) is 0 Å². The summed E-state index contributed by atoms with van der Waals surface area (Å²) in [4.78, 5) is 12.0. The molecule has 0 radical (unpaired) electrons. The zero-order valence-electron chi connectivity index (χ0n) is 11.1. The van der Waals surface area contributed by atoms with Crippen LogP contribution in [-0.2, 0) is 0 Å². The van der Waals surface area contributed by atoms with E-state index in [1.807, 2.05) is 42.5 Å². The van der Waals surface area contributed by atoms with Crippen LogP contribution in [0.2, 0.25) is 5.02 Å². The summed E-state index contributed by atoms with van der Waals surface area (Å²) in [6.45, 7) is 0. The third-order valence-corrected chi connectivity index (χ3v) is 3.46. The third-order valence-electron chi connectivity index (χ3n) is 3.21. The Bertz CT molecular complexity index is 862. The highest BCUT2D eigenvalue weighted by atomic mass is 35.5. The van der Waals surface area contributed by atoms with E-state index in [1.54, 1.807) is 24.3 Å². The van der Waals surface area contributed by atoms with Crippen LogP contribution in [0.1, 0.15) is 15.9 Å². The lowest BCUT2D eigenvalue weighted by atomic mass is 10.0. The molecule has 0 saturated carbocycles. The van der Waals surface area contributed by atoms with Gasteiger partial charge in [0.1, 0.15) is 0 Å². The van der Waals surface area contributed by atoms with Crippen molar-refractivity contribution in [3.05, 3.63) is 82.9 Å². The molecular weight excluding hydrogens is 280 g/mol. The summed E-state index contributed by atoms with van der Waals surface area (Å²) in [6, 6.07) is 20.6. The molecule has 100 valence electrons. The number of hydrogen-bond donors (Lipinski definition) is 0. The van der Waals surface area contributed by atoms with Gasteiger partial charge in [-0.05, 0) is 47.0 Å². The fourth-order valence-corrected chi connectivity index (χ4v) is 2.26. The maximum atomic E-state index is 12.0. The van der Waals surface area contributed by atoms with Crippen molar-refractivity contribution in [1.29, 1.82) is 0 Å². The summed E-state index contributed by atoms with van der Waals surface area (Å²) in [6.07, 6.45) is 0. The highest BCUT2D eigenvalue weighted by Crippen LogP contribution is 2.17. The molecule has 0 aliphatic rings. The fraction of sp³-hybridized carbons (Fsp3) is 0. The minimum atomic E-state index is -0.209. The second-order valence-electron chi connectivity index (χ2n) is 4.61. The molecule has 0 fully saturated rings. The first kappa shape index (κ1) is 13.4. The molecule has 2 heteroatoms. The van der Waals surface area contributed by atoms with Gasteiger partial charge in [0, 0.05) is 16.1 Å². The van der Waals surface area contributed by atoms with E-state index in [1.165, 1.54) is 0 Å². The van der Waals surface area contributed by atoms with Gasteiger partial charge in [0.2, 0.25) is 5.78 Å². The highest BCUT2D eigenvalue weighted by molar-refractivity contribution is 6.30. The van der Waals surface area contributed by atoms with Crippen molar-refractivity contribution < 1.29 is 4.79 Å². The largest absolute Gasteiger partial charge is 0.279 e. The molecule has 3 aromatic carbocycles. The number of hydrogen-bond acceptors (Lipinski definition) is 1. The number of Topliss-reactive ketones (excluding diaryl/α,β-unsaturated/α-hetero) is 1. The average Bonchev–Trinajstić information content (AvgIpc) is 2.53. The lowest BCUT2D eigenvalue weighted by molar-refractivity contribution is 0.105. The van der Waals surface area contributed by atoms with E-state index in [-0.39, 0.29) is 5.78 Å². The van der Waals surface area contributed by atoms with Crippen LogP contribution in [0.3, 0.4) is 0 Å². The monoisotopic (exact) mass is 290 g/mol. The van der Waals surface area contributed by atoms with Crippen LogP contribution in [-0.4, -0.2) is 5.78 Å². The Morgan fingerprint density at radius 2 is 1.57 bits per heavy atom. The number of ketones is 1. The van der Waals surface area contributed by atoms with Crippen molar-refractivity contribution in [2.24, 2.45) is 0 Å². The van der Waals surface area contributed by atoms with Gasteiger partial charge in [-0.3, -0.25) is 4.79 Å². The molecule has 0 N–H and O–H groups in total. The zero-order chi connectivity index (χ0) is 14.7. The molecule has 0 heterocycles. The van der Waals surface area contributed by atoms with Crippen LogP contribution in [0.4, 0.5) is 0 Å². The molecule has 0 saturated heterocycles. The van der Waals surface area contributed by atoms with Gasteiger partial charge >= 0.3 is 0 Å². The van der Waals surface area contributed by atoms with Gasteiger partial charge in [0.05, 0.1) is 0 Å². The summed E-state index contributed by atoms with van der Waals surface area (Å²) in [5.74, 6) is 5.45. The Morgan fingerprint density at radius 1 is 0.857 bits per heavy atom. The van der Waals surface area contributed by atoms with Crippen molar-refractivity contribution in [2.45, 2.75) is 0 Å². The predicted octanol–water partition coefficient (Wildman–Crippen LogP) is 4.73. The predicted molar refractivity (Wildman–Crippen MR) is 86.6 cm³/mol. The van der Waals surface area contributed by atoms with Crippen LogP contribution in [0.15, 0.2) is 66.7 Å². The minimum absolute atomic E-state index is 0.209. The summed E-state index contributed by atoms with van der Waals surface area (Å²) in [5.41, 5.74) is 1.41. The van der Waals surface area contributed by atoms with E-state index in [0.717, 1.165) is 16.3 Å². The lowest BCUT2D eigenvalue weighted by Gasteiger charge is -1.99. The molecule has 0 aromatic heterocycles. The summed E-state index contributed by atoms with van der Waals surface area (Å²) >= 11 is 5.81. The van der Waals surface area contributed by atoms with Gasteiger partial charge in [0.25, 0.3) is 0 Å². The Labute approximate surface area is 128 Å². The number of carbonyl (C=O) groups excluding carboxylic acids is 1. The first-order valence-electron chi connectivity index (χ1n) is 6.54. The summed E-state index contributed by atoms with van der Waals surface area (Å²) in [5, 5.41) is 2.77. The Hall–Kier alpha value is -2.56. The van der Waals surface area contributed by atoms with Gasteiger partial charge in [-0.2, -0.15) is 0 Å². The third kappa shape index (κ3) is 2.97. The van der Waals surface area contributed by atoms with Crippen molar-refractivity contribution >= 4 is 28.2 Å². The Kier molecular flexibility index (Phi) is 3.73. The minimum Gasteiger partial charge on any atom is -0.279 e.